The Labute approximate surface area is 115 Å². The van der Waals surface area contributed by atoms with Crippen LogP contribution in [0.25, 0.3) is 0 Å². The van der Waals surface area contributed by atoms with E-state index in [1.807, 2.05) is 6.07 Å². The van der Waals surface area contributed by atoms with Crippen LogP contribution in [-0.4, -0.2) is 28.9 Å². The number of esters is 1. The van der Waals surface area contributed by atoms with Crippen LogP contribution in [0.15, 0.2) is 23.4 Å². The lowest BCUT2D eigenvalue weighted by molar-refractivity contribution is -0.146. The van der Waals surface area contributed by atoms with Gasteiger partial charge in [-0.15, -0.1) is 11.8 Å². The zero-order chi connectivity index (χ0) is 13.2. The molecule has 1 aliphatic carbocycles. The molecule has 0 radical (unpaired) electrons. The first-order chi connectivity index (χ1) is 8.55. The van der Waals surface area contributed by atoms with E-state index in [1.165, 1.54) is 7.11 Å². The summed E-state index contributed by atoms with van der Waals surface area (Å²) < 4.78 is 4.74. The zero-order valence-corrected chi connectivity index (χ0v) is 11.6. The number of thioether (sulfide) groups is 1. The molecule has 0 amide bonds. The molecule has 2 unspecified atom stereocenters. The van der Waals surface area contributed by atoms with Gasteiger partial charge in [-0.3, -0.25) is 4.79 Å². The summed E-state index contributed by atoms with van der Waals surface area (Å²) in [4.78, 5) is 15.8. The second-order valence-corrected chi connectivity index (χ2v) is 6.12. The molecule has 1 aromatic rings. The fourth-order valence-corrected chi connectivity index (χ4v) is 3.62. The first kappa shape index (κ1) is 13.6. The predicted molar refractivity (Wildman–Crippen MR) is 71.7 cm³/mol. The van der Waals surface area contributed by atoms with Gasteiger partial charge in [-0.25, -0.2) is 4.98 Å². The quantitative estimate of drug-likeness (QED) is 0.864. The van der Waals surface area contributed by atoms with Crippen molar-refractivity contribution in [1.29, 1.82) is 0 Å². The monoisotopic (exact) mass is 286 g/mol. The molecule has 6 heteroatoms. The number of halogens is 1. The highest BCUT2D eigenvalue weighted by atomic mass is 35.5. The predicted octanol–water partition coefficient (Wildman–Crippen LogP) is 2.25. The summed E-state index contributed by atoms with van der Waals surface area (Å²) >= 11 is 7.63. The number of nitrogens with two attached hydrogens (primary N) is 1. The van der Waals surface area contributed by atoms with Crippen molar-refractivity contribution in [1.82, 2.24) is 4.98 Å². The largest absolute Gasteiger partial charge is 0.468 e. The van der Waals surface area contributed by atoms with E-state index < -0.39 is 5.54 Å². The molecule has 0 bridgehead atoms. The van der Waals surface area contributed by atoms with Crippen molar-refractivity contribution < 1.29 is 9.53 Å². The maximum Gasteiger partial charge on any atom is 0.325 e. The van der Waals surface area contributed by atoms with Crippen LogP contribution >= 0.6 is 23.4 Å². The van der Waals surface area contributed by atoms with Gasteiger partial charge in [0.15, 0.2) is 0 Å². The summed E-state index contributed by atoms with van der Waals surface area (Å²) in [6, 6.07) is 3.60. The van der Waals surface area contributed by atoms with Crippen molar-refractivity contribution in [2.24, 2.45) is 5.73 Å². The number of aromatic nitrogens is 1. The van der Waals surface area contributed by atoms with Gasteiger partial charge in [-0.1, -0.05) is 11.6 Å². The van der Waals surface area contributed by atoms with Crippen LogP contribution < -0.4 is 5.73 Å². The van der Waals surface area contributed by atoms with E-state index in [-0.39, 0.29) is 11.2 Å². The molecule has 0 aromatic carbocycles. The average Bonchev–Trinajstić information content (AvgIpc) is 2.74. The highest BCUT2D eigenvalue weighted by Crippen LogP contribution is 2.40. The molecule has 1 fully saturated rings. The summed E-state index contributed by atoms with van der Waals surface area (Å²) in [7, 11) is 1.37. The number of carbonyl (C=O) groups is 1. The van der Waals surface area contributed by atoms with Gasteiger partial charge in [-0.2, -0.15) is 0 Å². The highest BCUT2D eigenvalue weighted by molar-refractivity contribution is 8.00. The molecule has 2 N–H and O–H groups in total. The number of carbonyl (C=O) groups excluding carboxylic acids is 1. The SMILES string of the molecule is COC(=O)C1(N)CCC(Sc2ncccc2Cl)C1. The molecule has 0 spiro atoms. The van der Waals surface area contributed by atoms with E-state index in [2.05, 4.69) is 4.98 Å². The van der Waals surface area contributed by atoms with E-state index in [4.69, 9.17) is 22.1 Å². The van der Waals surface area contributed by atoms with Gasteiger partial charge in [0.05, 0.1) is 12.1 Å². The van der Waals surface area contributed by atoms with E-state index in [0.29, 0.717) is 17.9 Å². The summed E-state index contributed by atoms with van der Waals surface area (Å²) in [5.41, 5.74) is 5.20. The molecule has 18 heavy (non-hydrogen) atoms. The first-order valence-corrected chi connectivity index (χ1v) is 6.95. The van der Waals surface area contributed by atoms with Gasteiger partial charge >= 0.3 is 5.97 Å². The van der Waals surface area contributed by atoms with Crippen LogP contribution in [0.4, 0.5) is 0 Å². The lowest BCUT2D eigenvalue weighted by atomic mass is 10.00. The molecule has 1 aromatic heterocycles. The Bertz CT molecular complexity index is 457. The Morgan fingerprint density at radius 2 is 2.50 bits per heavy atom. The fourth-order valence-electron chi connectivity index (χ4n) is 2.13. The molecular formula is C12H15ClN2O2S. The number of nitrogens with zero attached hydrogens (tertiary/aromatic N) is 1. The minimum atomic E-state index is -0.853. The summed E-state index contributed by atoms with van der Waals surface area (Å²) in [5, 5.41) is 1.68. The van der Waals surface area contributed by atoms with Crippen LogP contribution in [-0.2, 0) is 9.53 Å². The van der Waals surface area contributed by atoms with Gasteiger partial charge in [0, 0.05) is 11.4 Å². The van der Waals surface area contributed by atoms with Crippen molar-refractivity contribution in [3.05, 3.63) is 23.4 Å². The Balaban J connectivity index is 2.02. The molecule has 98 valence electrons. The topological polar surface area (TPSA) is 65.2 Å². The lowest BCUT2D eigenvalue weighted by Gasteiger charge is -2.20. The van der Waals surface area contributed by atoms with Crippen molar-refractivity contribution in [2.75, 3.05) is 7.11 Å². The molecule has 0 saturated heterocycles. The van der Waals surface area contributed by atoms with Gasteiger partial charge in [0.1, 0.15) is 10.6 Å². The minimum Gasteiger partial charge on any atom is -0.468 e. The van der Waals surface area contributed by atoms with Crippen LogP contribution in [0.3, 0.4) is 0 Å². The van der Waals surface area contributed by atoms with Crippen LogP contribution in [0.2, 0.25) is 5.02 Å². The van der Waals surface area contributed by atoms with E-state index >= 15 is 0 Å². The maximum atomic E-state index is 11.6. The smallest absolute Gasteiger partial charge is 0.325 e. The number of methoxy groups -OCH3 is 1. The summed E-state index contributed by atoms with van der Waals surface area (Å²) in [6.45, 7) is 0. The number of ether oxygens (including phenoxy) is 1. The molecule has 2 atom stereocenters. The highest BCUT2D eigenvalue weighted by Gasteiger charge is 2.43. The first-order valence-electron chi connectivity index (χ1n) is 5.69. The van der Waals surface area contributed by atoms with Crippen molar-refractivity contribution in [3.63, 3.8) is 0 Å². The number of hydrogen-bond donors (Lipinski definition) is 1. The van der Waals surface area contributed by atoms with E-state index in [1.54, 1.807) is 24.0 Å². The number of pyridine rings is 1. The van der Waals surface area contributed by atoms with Crippen LogP contribution in [0.5, 0.6) is 0 Å². The number of rotatable bonds is 3. The molecule has 1 saturated carbocycles. The molecule has 1 heterocycles. The Kier molecular flexibility index (Phi) is 4.14. The Morgan fingerprint density at radius 3 is 3.17 bits per heavy atom. The van der Waals surface area contributed by atoms with Crippen molar-refractivity contribution >= 4 is 29.3 Å². The van der Waals surface area contributed by atoms with Crippen molar-refractivity contribution in [3.8, 4) is 0 Å². The molecule has 1 aliphatic rings. The second kappa shape index (κ2) is 5.47. The standard InChI is InChI=1S/C12H15ClN2O2S/c1-17-11(16)12(14)5-4-8(7-12)18-10-9(13)3-2-6-15-10/h2-3,6,8H,4-5,7,14H2,1H3. The summed E-state index contributed by atoms with van der Waals surface area (Å²) in [5.74, 6) is -0.335. The van der Waals surface area contributed by atoms with Gasteiger partial charge < -0.3 is 10.5 Å². The zero-order valence-electron chi connectivity index (χ0n) is 10.1. The van der Waals surface area contributed by atoms with E-state index in [0.717, 1.165) is 11.4 Å². The fraction of sp³-hybridized carbons (Fsp3) is 0.500. The molecular weight excluding hydrogens is 272 g/mol. The third-order valence-corrected chi connectivity index (χ3v) is 4.80. The minimum absolute atomic E-state index is 0.251. The van der Waals surface area contributed by atoms with Gasteiger partial charge in [0.25, 0.3) is 0 Å². The van der Waals surface area contributed by atoms with Crippen LogP contribution in [0, 0.1) is 0 Å². The Hall–Kier alpha value is -0.780. The average molecular weight is 287 g/mol. The molecule has 4 nitrogen and oxygen atoms in total. The summed E-state index contributed by atoms with van der Waals surface area (Å²) in [6.07, 6.45) is 3.81. The maximum absolute atomic E-state index is 11.6. The van der Waals surface area contributed by atoms with Crippen molar-refractivity contribution in [2.45, 2.75) is 35.1 Å². The van der Waals surface area contributed by atoms with Gasteiger partial charge in [-0.05, 0) is 31.4 Å². The van der Waals surface area contributed by atoms with Crippen LogP contribution in [0.1, 0.15) is 19.3 Å². The molecule has 0 aliphatic heterocycles. The third kappa shape index (κ3) is 2.79. The second-order valence-electron chi connectivity index (χ2n) is 4.42. The number of hydrogen-bond acceptors (Lipinski definition) is 5. The van der Waals surface area contributed by atoms with Gasteiger partial charge in [0.2, 0.25) is 0 Å². The third-order valence-electron chi connectivity index (χ3n) is 3.10. The molecule has 2 rings (SSSR count). The normalized spacial score (nSPS) is 27.2. The lowest BCUT2D eigenvalue weighted by Crippen LogP contribution is -2.46. The van der Waals surface area contributed by atoms with E-state index in [9.17, 15) is 4.79 Å². The Morgan fingerprint density at radius 1 is 1.72 bits per heavy atom.